The Labute approximate surface area is 156 Å². The molecule has 0 radical (unpaired) electrons. The summed E-state index contributed by atoms with van der Waals surface area (Å²) in [4.78, 5) is 8.94. The van der Waals surface area contributed by atoms with E-state index in [1.807, 2.05) is 30.3 Å². The number of ether oxygens (including phenoxy) is 1. The third-order valence-corrected chi connectivity index (χ3v) is 4.81. The molecule has 0 atom stereocenters. The summed E-state index contributed by atoms with van der Waals surface area (Å²) in [5.74, 6) is 1.95. The van der Waals surface area contributed by atoms with Crippen LogP contribution in [0.25, 0.3) is 38.5 Å². The molecule has 0 aliphatic heterocycles. The zero-order valence-electron chi connectivity index (χ0n) is 14.0. The molecule has 0 aliphatic rings. The molecule has 5 aromatic rings. The first-order valence-electron chi connectivity index (χ1n) is 7.92. The van der Waals surface area contributed by atoms with Crippen molar-refractivity contribution in [2.75, 3.05) is 7.11 Å². The maximum atomic E-state index is 5.47. The van der Waals surface area contributed by atoms with Gasteiger partial charge in [-0.05, 0) is 24.3 Å². The Hall–Kier alpha value is -3.66. The van der Waals surface area contributed by atoms with E-state index in [4.69, 9.17) is 9.26 Å². The molecule has 0 unspecified atom stereocenters. The Balaban J connectivity index is 1.51. The lowest BCUT2D eigenvalue weighted by Gasteiger charge is -1.99. The van der Waals surface area contributed by atoms with Crippen molar-refractivity contribution in [2.45, 2.75) is 0 Å². The van der Waals surface area contributed by atoms with E-state index in [1.165, 1.54) is 11.3 Å². The molecule has 4 aromatic heterocycles. The lowest BCUT2D eigenvalue weighted by Crippen LogP contribution is -1.93. The molecule has 27 heavy (non-hydrogen) atoms. The highest BCUT2D eigenvalue weighted by molar-refractivity contribution is 7.19. The molecule has 5 rings (SSSR count). The van der Waals surface area contributed by atoms with Gasteiger partial charge < -0.3 is 9.26 Å². The first-order valence-corrected chi connectivity index (χ1v) is 8.73. The van der Waals surface area contributed by atoms with Crippen molar-refractivity contribution in [1.29, 1.82) is 0 Å². The summed E-state index contributed by atoms with van der Waals surface area (Å²) >= 11 is 1.37. The number of methoxy groups -OCH3 is 1. The Morgan fingerprint density at radius 3 is 2.74 bits per heavy atom. The Morgan fingerprint density at radius 1 is 1.07 bits per heavy atom. The van der Waals surface area contributed by atoms with Crippen molar-refractivity contribution in [1.82, 2.24) is 34.9 Å². The fraction of sp³-hybridized carbons (Fsp3) is 0.0588. The molecular weight excluding hydrogens is 366 g/mol. The zero-order chi connectivity index (χ0) is 18.2. The van der Waals surface area contributed by atoms with Crippen LogP contribution in [0.15, 0.2) is 53.4 Å². The van der Waals surface area contributed by atoms with E-state index < -0.39 is 0 Å². The molecule has 0 spiro atoms. The van der Waals surface area contributed by atoms with Gasteiger partial charge in [0.1, 0.15) is 17.1 Å². The van der Waals surface area contributed by atoms with Gasteiger partial charge in [0.2, 0.25) is 10.8 Å². The fourth-order valence-electron chi connectivity index (χ4n) is 2.56. The Morgan fingerprint density at radius 2 is 1.96 bits per heavy atom. The second kappa shape index (κ2) is 6.25. The van der Waals surface area contributed by atoms with E-state index in [1.54, 1.807) is 30.2 Å². The molecule has 0 fully saturated rings. The largest absolute Gasteiger partial charge is 0.497 e. The summed E-state index contributed by atoms with van der Waals surface area (Å²) in [6.45, 7) is 0. The number of rotatable bonds is 4. The minimum atomic E-state index is 0.527. The molecule has 0 saturated heterocycles. The van der Waals surface area contributed by atoms with E-state index >= 15 is 0 Å². The minimum absolute atomic E-state index is 0.527. The average Bonchev–Trinajstić information content (AvgIpc) is 3.44. The maximum Gasteiger partial charge on any atom is 0.235 e. The first-order chi connectivity index (χ1) is 13.3. The van der Waals surface area contributed by atoms with Gasteiger partial charge in [0.05, 0.1) is 13.3 Å². The fourth-order valence-corrected chi connectivity index (χ4v) is 3.35. The van der Waals surface area contributed by atoms with Gasteiger partial charge >= 0.3 is 0 Å². The Bertz CT molecular complexity index is 1210. The van der Waals surface area contributed by atoms with E-state index in [-0.39, 0.29) is 0 Å². The van der Waals surface area contributed by atoms with Gasteiger partial charge in [-0.1, -0.05) is 16.5 Å². The van der Waals surface area contributed by atoms with E-state index in [0.717, 1.165) is 11.3 Å². The SMILES string of the molecule is COc1ccc(-c2cc(-c3nn4c(-c5cnccn5)nnc4s3)no2)cc1. The molecule has 0 aliphatic carbocycles. The van der Waals surface area contributed by atoms with Gasteiger partial charge in [-0.2, -0.15) is 9.61 Å². The second-order valence-corrected chi connectivity index (χ2v) is 6.48. The summed E-state index contributed by atoms with van der Waals surface area (Å²) < 4.78 is 12.3. The smallest absolute Gasteiger partial charge is 0.235 e. The molecule has 1 aromatic carbocycles. The molecule has 0 N–H and O–H groups in total. The standard InChI is InChI=1S/C17H11N7O2S/c1-25-11-4-2-10(3-5-11)14-8-12(23-26-14)16-22-24-15(20-21-17(24)27-16)13-9-18-6-7-19-13/h2-9H,1H3. The molecular formula is C17H11N7O2S. The third kappa shape index (κ3) is 2.72. The predicted molar refractivity (Wildman–Crippen MR) is 97.2 cm³/mol. The van der Waals surface area contributed by atoms with Crippen LogP contribution < -0.4 is 4.74 Å². The van der Waals surface area contributed by atoms with Crippen molar-refractivity contribution >= 4 is 16.3 Å². The highest BCUT2D eigenvalue weighted by Crippen LogP contribution is 2.30. The normalized spacial score (nSPS) is 11.1. The molecule has 4 heterocycles. The molecule has 0 amide bonds. The predicted octanol–water partition coefficient (Wildman–Crippen LogP) is 2.97. The van der Waals surface area contributed by atoms with Crippen LogP contribution >= 0.6 is 11.3 Å². The van der Waals surface area contributed by atoms with Crippen molar-refractivity contribution < 1.29 is 9.26 Å². The van der Waals surface area contributed by atoms with Gasteiger partial charge in [0, 0.05) is 24.0 Å². The average molecular weight is 377 g/mol. The molecule has 132 valence electrons. The molecule has 0 bridgehead atoms. The van der Waals surface area contributed by atoms with Gasteiger partial charge in [-0.15, -0.1) is 10.2 Å². The van der Waals surface area contributed by atoms with Crippen molar-refractivity contribution in [3.63, 3.8) is 0 Å². The van der Waals surface area contributed by atoms with Crippen LogP contribution in [0, 0.1) is 0 Å². The highest BCUT2D eigenvalue weighted by Gasteiger charge is 2.18. The summed E-state index contributed by atoms with van der Waals surface area (Å²) in [6.07, 6.45) is 4.82. The number of hydrogen-bond acceptors (Lipinski definition) is 9. The number of nitrogens with zero attached hydrogens (tertiary/aromatic N) is 7. The van der Waals surface area contributed by atoms with Crippen LogP contribution in [0.4, 0.5) is 0 Å². The van der Waals surface area contributed by atoms with Gasteiger partial charge in [-0.25, -0.2) is 4.98 Å². The molecule has 0 saturated carbocycles. The summed E-state index contributed by atoms with van der Waals surface area (Å²) in [5.41, 5.74) is 2.13. The zero-order valence-corrected chi connectivity index (χ0v) is 14.8. The van der Waals surface area contributed by atoms with Crippen LogP contribution in [-0.4, -0.2) is 42.0 Å². The quantitative estimate of drug-likeness (QED) is 0.471. The van der Waals surface area contributed by atoms with Gasteiger partial charge in [0.25, 0.3) is 0 Å². The monoisotopic (exact) mass is 377 g/mol. The third-order valence-electron chi connectivity index (χ3n) is 3.89. The number of benzene rings is 1. The Kier molecular flexibility index (Phi) is 3.61. The number of hydrogen-bond donors (Lipinski definition) is 0. The van der Waals surface area contributed by atoms with Crippen LogP contribution in [0.3, 0.4) is 0 Å². The minimum Gasteiger partial charge on any atom is -0.497 e. The van der Waals surface area contributed by atoms with Crippen LogP contribution in [-0.2, 0) is 0 Å². The maximum absolute atomic E-state index is 5.47. The van der Waals surface area contributed by atoms with Crippen LogP contribution in [0.2, 0.25) is 0 Å². The molecule has 9 nitrogen and oxygen atoms in total. The van der Waals surface area contributed by atoms with Crippen molar-refractivity contribution in [2.24, 2.45) is 0 Å². The summed E-state index contributed by atoms with van der Waals surface area (Å²) in [7, 11) is 1.63. The highest BCUT2D eigenvalue weighted by atomic mass is 32.1. The van der Waals surface area contributed by atoms with Crippen molar-refractivity contribution in [3.8, 4) is 39.3 Å². The molecule has 10 heteroatoms. The van der Waals surface area contributed by atoms with E-state index in [9.17, 15) is 0 Å². The van der Waals surface area contributed by atoms with Crippen LogP contribution in [0.5, 0.6) is 5.75 Å². The van der Waals surface area contributed by atoms with Crippen LogP contribution in [0.1, 0.15) is 0 Å². The summed E-state index contributed by atoms with van der Waals surface area (Å²) in [6, 6.07) is 9.40. The van der Waals surface area contributed by atoms with E-state index in [0.29, 0.717) is 32.9 Å². The second-order valence-electron chi connectivity index (χ2n) is 5.52. The number of fused-ring (bicyclic) bond motifs is 1. The van der Waals surface area contributed by atoms with Gasteiger partial charge in [-0.3, -0.25) is 4.98 Å². The lowest BCUT2D eigenvalue weighted by molar-refractivity contribution is 0.414. The number of aromatic nitrogens is 7. The lowest BCUT2D eigenvalue weighted by atomic mass is 10.1. The first kappa shape index (κ1) is 15.6. The van der Waals surface area contributed by atoms with E-state index in [2.05, 4.69) is 30.4 Å². The topological polar surface area (TPSA) is 104 Å². The summed E-state index contributed by atoms with van der Waals surface area (Å²) in [5, 5.41) is 17.6. The van der Waals surface area contributed by atoms with Gasteiger partial charge in [0.15, 0.2) is 10.8 Å². The van der Waals surface area contributed by atoms with Crippen molar-refractivity contribution in [3.05, 3.63) is 48.9 Å².